The lowest BCUT2D eigenvalue weighted by molar-refractivity contribution is -0.491. The molecule has 1 heterocycles. The third-order valence-corrected chi connectivity index (χ3v) is 1.41. The molecule has 64 valence electrons. The van der Waals surface area contributed by atoms with Crippen LogP contribution in [0.1, 0.15) is 11.7 Å². The lowest BCUT2D eigenvalue weighted by Gasteiger charge is -2.04. The molecule has 0 aliphatic carbocycles. The number of aliphatic hydroxyl groups excluding tert-OH is 1. The van der Waals surface area contributed by atoms with Crippen LogP contribution in [0.2, 0.25) is 0 Å². The van der Waals surface area contributed by atoms with Gasteiger partial charge in [0.05, 0.1) is 0 Å². The van der Waals surface area contributed by atoms with Crippen LogP contribution in [-0.4, -0.2) is 21.6 Å². The minimum absolute atomic E-state index is 0.468. The molecule has 1 N–H and O–H groups in total. The molecule has 0 saturated heterocycles. The van der Waals surface area contributed by atoms with Crippen molar-refractivity contribution >= 4 is 0 Å². The predicted octanol–water partition coefficient (Wildman–Crippen LogP) is 0.392. The van der Waals surface area contributed by atoms with Crippen molar-refractivity contribution in [2.45, 2.75) is 6.10 Å². The maximum atomic E-state index is 10.0. The van der Waals surface area contributed by atoms with Crippen molar-refractivity contribution in [2.75, 3.05) is 6.54 Å². The van der Waals surface area contributed by atoms with Crippen LogP contribution >= 0.6 is 0 Å². The minimum atomic E-state index is -1.04. The first-order chi connectivity index (χ1) is 5.70. The molecule has 0 amide bonds. The van der Waals surface area contributed by atoms with E-state index in [4.69, 9.17) is 0 Å². The SMILES string of the molecule is O=[N+]([O-])C[C@H](O)c1ccncc1. The van der Waals surface area contributed by atoms with Gasteiger partial charge < -0.3 is 5.11 Å². The first-order valence-electron chi connectivity index (χ1n) is 3.40. The molecule has 0 bridgehead atoms. The standard InChI is InChI=1S/C7H8N2O3/c10-7(5-9(11)12)6-1-3-8-4-2-6/h1-4,7,10H,5H2/t7-/m0/s1. The van der Waals surface area contributed by atoms with Gasteiger partial charge in [-0.2, -0.15) is 0 Å². The van der Waals surface area contributed by atoms with Crippen LogP contribution in [0.4, 0.5) is 0 Å². The lowest BCUT2D eigenvalue weighted by Crippen LogP contribution is -2.11. The average Bonchev–Trinajstić information content (AvgIpc) is 2.05. The van der Waals surface area contributed by atoms with E-state index in [1.807, 2.05) is 0 Å². The first kappa shape index (κ1) is 8.61. The second-order valence-corrected chi connectivity index (χ2v) is 2.31. The van der Waals surface area contributed by atoms with E-state index < -0.39 is 17.6 Å². The fraction of sp³-hybridized carbons (Fsp3) is 0.286. The van der Waals surface area contributed by atoms with Gasteiger partial charge in [-0.3, -0.25) is 15.1 Å². The second kappa shape index (κ2) is 3.77. The van der Waals surface area contributed by atoms with Crippen molar-refractivity contribution in [3.63, 3.8) is 0 Å². The number of pyridine rings is 1. The Bertz CT molecular complexity index is 263. The number of nitro groups is 1. The number of hydrogen-bond acceptors (Lipinski definition) is 4. The van der Waals surface area contributed by atoms with Gasteiger partial charge in [-0.15, -0.1) is 0 Å². The van der Waals surface area contributed by atoms with Gasteiger partial charge >= 0.3 is 0 Å². The summed E-state index contributed by atoms with van der Waals surface area (Å²) in [6, 6.07) is 3.10. The first-order valence-corrected chi connectivity index (χ1v) is 3.40. The zero-order chi connectivity index (χ0) is 8.97. The van der Waals surface area contributed by atoms with Gasteiger partial charge in [0.2, 0.25) is 6.54 Å². The Morgan fingerprint density at radius 2 is 2.17 bits per heavy atom. The number of nitrogens with zero attached hydrogens (tertiary/aromatic N) is 2. The van der Waals surface area contributed by atoms with E-state index in [2.05, 4.69) is 4.98 Å². The zero-order valence-electron chi connectivity index (χ0n) is 6.25. The van der Waals surface area contributed by atoms with Crippen LogP contribution in [0.3, 0.4) is 0 Å². The summed E-state index contributed by atoms with van der Waals surface area (Å²) in [5.41, 5.74) is 0.515. The molecule has 5 heteroatoms. The summed E-state index contributed by atoms with van der Waals surface area (Å²) in [5, 5.41) is 19.2. The average molecular weight is 168 g/mol. The third kappa shape index (κ3) is 2.28. The Morgan fingerprint density at radius 3 is 2.67 bits per heavy atom. The summed E-state index contributed by atoms with van der Waals surface area (Å²) < 4.78 is 0. The Balaban J connectivity index is 2.65. The quantitative estimate of drug-likeness (QED) is 0.523. The largest absolute Gasteiger partial charge is 0.382 e. The molecule has 12 heavy (non-hydrogen) atoms. The smallest absolute Gasteiger partial charge is 0.233 e. The van der Waals surface area contributed by atoms with Crippen molar-refractivity contribution in [1.82, 2.24) is 4.98 Å². The molecule has 0 unspecified atom stereocenters. The van der Waals surface area contributed by atoms with Crippen LogP contribution < -0.4 is 0 Å². The maximum Gasteiger partial charge on any atom is 0.233 e. The predicted molar refractivity (Wildman–Crippen MR) is 41.1 cm³/mol. The normalized spacial score (nSPS) is 12.4. The van der Waals surface area contributed by atoms with Gasteiger partial charge in [0.15, 0.2) is 0 Å². The summed E-state index contributed by atoms with van der Waals surface area (Å²) in [4.78, 5) is 13.2. The molecule has 0 aliphatic rings. The molecule has 1 aromatic rings. The van der Waals surface area contributed by atoms with Gasteiger partial charge in [-0.1, -0.05) is 0 Å². The molecule has 5 nitrogen and oxygen atoms in total. The van der Waals surface area contributed by atoms with E-state index in [-0.39, 0.29) is 0 Å². The highest BCUT2D eigenvalue weighted by atomic mass is 16.6. The van der Waals surface area contributed by atoms with Crippen LogP contribution in [0.25, 0.3) is 0 Å². The van der Waals surface area contributed by atoms with Crippen molar-refractivity contribution in [3.8, 4) is 0 Å². The number of rotatable bonds is 3. The zero-order valence-corrected chi connectivity index (χ0v) is 6.25. The number of hydrogen-bond donors (Lipinski definition) is 1. The van der Waals surface area contributed by atoms with E-state index in [9.17, 15) is 15.2 Å². The van der Waals surface area contributed by atoms with Crippen LogP contribution in [0.5, 0.6) is 0 Å². The molecule has 1 rings (SSSR count). The van der Waals surface area contributed by atoms with Crippen LogP contribution in [-0.2, 0) is 0 Å². The van der Waals surface area contributed by atoms with Gasteiger partial charge in [0.1, 0.15) is 6.10 Å². The molecule has 0 spiro atoms. The van der Waals surface area contributed by atoms with Crippen molar-refractivity contribution in [2.24, 2.45) is 0 Å². The molecule has 0 aliphatic heterocycles. The lowest BCUT2D eigenvalue weighted by atomic mass is 10.1. The summed E-state index contributed by atoms with van der Waals surface area (Å²) in [7, 11) is 0. The molecule has 0 aromatic carbocycles. The van der Waals surface area contributed by atoms with E-state index in [0.29, 0.717) is 5.56 Å². The minimum Gasteiger partial charge on any atom is -0.382 e. The molecule has 1 atom stereocenters. The highest BCUT2D eigenvalue weighted by Gasteiger charge is 2.12. The highest BCUT2D eigenvalue weighted by Crippen LogP contribution is 2.10. The Kier molecular flexibility index (Phi) is 2.71. The van der Waals surface area contributed by atoms with Gasteiger partial charge in [0, 0.05) is 17.3 Å². The van der Waals surface area contributed by atoms with Crippen LogP contribution in [0, 0.1) is 10.1 Å². The molecule has 0 fully saturated rings. The van der Waals surface area contributed by atoms with Gasteiger partial charge in [0.25, 0.3) is 0 Å². The highest BCUT2D eigenvalue weighted by molar-refractivity contribution is 5.12. The Hall–Kier alpha value is -1.49. The summed E-state index contributed by atoms with van der Waals surface area (Å²) in [5.74, 6) is 0. The topological polar surface area (TPSA) is 76.3 Å². The fourth-order valence-corrected chi connectivity index (χ4v) is 0.832. The molecule has 0 radical (unpaired) electrons. The summed E-state index contributed by atoms with van der Waals surface area (Å²) >= 11 is 0. The van der Waals surface area contributed by atoms with Crippen molar-refractivity contribution in [3.05, 3.63) is 40.2 Å². The fourth-order valence-electron chi connectivity index (χ4n) is 0.832. The summed E-state index contributed by atoms with van der Waals surface area (Å²) in [6.07, 6.45) is 1.93. The molecular weight excluding hydrogens is 160 g/mol. The third-order valence-electron chi connectivity index (χ3n) is 1.41. The molecular formula is C7H8N2O3. The molecule has 1 aromatic heterocycles. The van der Waals surface area contributed by atoms with E-state index >= 15 is 0 Å². The summed E-state index contributed by atoms with van der Waals surface area (Å²) in [6.45, 7) is -0.468. The maximum absolute atomic E-state index is 10.0. The second-order valence-electron chi connectivity index (χ2n) is 2.31. The Labute approximate surface area is 68.8 Å². The van der Waals surface area contributed by atoms with Crippen LogP contribution in [0.15, 0.2) is 24.5 Å². The van der Waals surface area contributed by atoms with Crippen molar-refractivity contribution in [1.29, 1.82) is 0 Å². The van der Waals surface area contributed by atoms with Crippen molar-refractivity contribution < 1.29 is 10.0 Å². The molecule has 0 saturated carbocycles. The van der Waals surface area contributed by atoms with E-state index in [0.717, 1.165) is 0 Å². The van der Waals surface area contributed by atoms with E-state index in [1.165, 1.54) is 12.4 Å². The Morgan fingerprint density at radius 1 is 1.58 bits per heavy atom. The van der Waals surface area contributed by atoms with Gasteiger partial charge in [-0.05, 0) is 17.7 Å². The number of aliphatic hydroxyl groups is 1. The monoisotopic (exact) mass is 168 g/mol. The van der Waals surface area contributed by atoms with Gasteiger partial charge in [-0.25, -0.2) is 0 Å². The number of aromatic nitrogens is 1. The van der Waals surface area contributed by atoms with E-state index in [1.54, 1.807) is 12.1 Å².